The summed E-state index contributed by atoms with van der Waals surface area (Å²) < 4.78 is 15.4. The molecule has 0 heterocycles. The van der Waals surface area contributed by atoms with Gasteiger partial charge in [0.05, 0.1) is 36.4 Å². The lowest BCUT2D eigenvalue weighted by molar-refractivity contribution is -0.176. The molecule has 1 N–H and O–H groups in total. The van der Waals surface area contributed by atoms with Crippen molar-refractivity contribution in [1.29, 1.82) is 0 Å². The quantitative estimate of drug-likeness (QED) is 0.412. The van der Waals surface area contributed by atoms with Gasteiger partial charge in [0.2, 0.25) is 0 Å². The summed E-state index contributed by atoms with van der Waals surface area (Å²) in [7, 11) is 1.25. The zero-order valence-electron chi connectivity index (χ0n) is 18.7. The highest BCUT2D eigenvalue weighted by Gasteiger charge is 2.57. The Bertz CT molecular complexity index is 830. The van der Waals surface area contributed by atoms with E-state index in [1.807, 2.05) is 0 Å². The lowest BCUT2D eigenvalue weighted by Gasteiger charge is -2.44. The van der Waals surface area contributed by atoms with E-state index in [0.29, 0.717) is 5.56 Å². The van der Waals surface area contributed by atoms with Gasteiger partial charge in [-0.3, -0.25) is 14.4 Å². The minimum atomic E-state index is -1.73. The third kappa shape index (κ3) is 5.50. The maximum absolute atomic E-state index is 13.0. The van der Waals surface area contributed by atoms with E-state index >= 15 is 0 Å². The summed E-state index contributed by atoms with van der Waals surface area (Å²) in [5.41, 5.74) is -1.04. The molecule has 0 aromatic heterocycles. The van der Waals surface area contributed by atoms with Crippen LogP contribution >= 0.6 is 0 Å². The van der Waals surface area contributed by atoms with Crippen molar-refractivity contribution in [2.45, 2.75) is 64.8 Å². The van der Waals surface area contributed by atoms with Gasteiger partial charge >= 0.3 is 17.9 Å². The van der Waals surface area contributed by atoms with Crippen LogP contribution in [-0.4, -0.2) is 53.7 Å². The van der Waals surface area contributed by atoms with E-state index in [4.69, 9.17) is 14.2 Å². The van der Waals surface area contributed by atoms with Gasteiger partial charge in [-0.2, -0.15) is 0 Å². The fourth-order valence-electron chi connectivity index (χ4n) is 3.99. The first-order valence-electron chi connectivity index (χ1n) is 10.2. The molecule has 170 valence electrons. The zero-order chi connectivity index (χ0) is 23.5. The van der Waals surface area contributed by atoms with Crippen molar-refractivity contribution in [3.8, 4) is 0 Å². The van der Waals surface area contributed by atoms with Gasteiger partial charge in [0, 0.05) is 12.3 Å². The van der Waals surface area contributed by atoms with E-state index in [1.54, 1.807) is 27.7 Å². The number of hydrogen-bond donors (Lipinski definition) is 1. The van der Waals surface area contributed by atoms with Crippen LogP contribution in [0.3, 0.4) is 0 Å². The highest BCUT2D eigenvalue weighted by atomic mass is 16.5. The molecule has 1 saturated carbocycles. The average molecular weight is 434 g/mol. The molecule has 0 saturated heterocycles. The summed E-state index contributed by atoms with van der Waals surface area (Å²) in [5, 5.41) is 11.0. The molecule has 0 unspecified atom stereocenters. The van der Waals surface area contributed by atoms with E-state index in [-0.39, 0.29) is 12.0 Å². The van der Waals surface area contributed by atoms with Crippen molar-refractivity contribution in [1.82, 2.24) is 0 Å². The number of rotatable bonds is 6. The van der Waals surface area contributed by atoms with Crippen molar-refractivity contribution in [3.05, 3.63) is 35.4 Å². The molecule has 0 aliphatic heterocycles. The third-order valence-electron chi connectivity index (χ3n) is 5.20. The molecule has 0 bridgehead atoms. The molecule has 1 fully saturated rings. The van der Waals surface area contributed by atoms with Crippen LogP contribution in [0, 0.1) is 11.8 Å². The fraction of sp³-hybridized carbons (Fsp3) is 0.565. The van der Waals surface area contributed by atoms with E-state index < -0.39 is 59.3 Å². The third-order valence-corrected chi connectivity index (χ3v) is 5.20. The molecular weight excluding hydrogens is 404 g/mol. The lowest BCUT2D eigenvalue weighted by atomic mass is 9.61. The van der Waals surface area contributed by atoms with Crippen molar-refractivity contribution in [3.63, 3.8) is 0 Å². The molecule has 31 heavy (non-hydrogen) atoms. The molecule has 1 aromatic rings. The van der Waals surface area contributed by atoms with Gasteiger partial charge < -0.3 is 19.3 Å². The van der Waals surface area contributed by atoms with Crippen LogP contribution in [0.25, 0.3) is 0 Å². The SMILES string of the molecule is COC(=O)c1ccc([C@H]2[C@H](C(=O)OC(C)C)C(=O)C[C@](C)(O)[C@H]2C(=O)OC(C)C)cc1. The number of carbonyl (C=O) groups is 4. The number of ketones is 1. The second-order valence-electron chi connectivity index (χ2n) is 8.57. The second-order valence-corrected chi connectivity index (χ2v) is 8.57. The summed E-state index contributed by atoms with van der Waals surface area (Å²) in [6.07, 6.45) is -1.31. The molecule has 2 rings (SSSR count). The minimum absolute atomic E-state index is 0.266. The Morgan fingerprint density at radius 3 is 2.00 bits per heavy atom. The lowest BCUT2D eigenvalue weighted by Crippen LogP contribution is -2.55. The number of esters is 3. The summed E-state index contributed by atoms with van der Waals surface area (Å²) in [6, 6.07) is 6.03. The molecule has 0 spiro atoms. The van der Waals surface area contributed by atoms with E-state index in [2.05, 4.69) is 0 Å². The average Bonchev–Trinajstić information content (AvgIpc) is 2.64. The Morgan fingerprint density at radius 2 is 1.52 bits per heavy atom. The van der Waals surface area contributed by atoms with Crippen molar-refractivity contribution >= 4 is 23.7 Å². The van der Waals surface area contributed by atoms with Crippen molar-refractivity contribution < 1.29 is 38.5 Å². The number of Topliss-reactive ketones (excluding diaryl/α,β-unsaturated/α-hetero) is 1. The number of hydrogen-bond acceptors (Lipinski definition) is 8. The summed E-state index contributed by atoms with van der Waals surface area (Å²) in [4.78, 5) is 50.6. The Labute approximate surface area is 181 Å². The zero-order valence-corrected chi connectivity index (χ0v) is 18.7. The van der Waals surface area contributed by atoms with E-state index in [0.717, 1.165) is 0 Å². The molecule has 8 nitrogen and oxygen atoms in total. The van der Waals surface area contributed by atoms with Gasteiger partial charge in [0.1, 0.15) is 5.92 Å². The molecule has 0 radical (unpaired) electrons. The molecule has 1 aliphatic carbocycles. The first-order chi connectivity index (χ1) is 14.4. The van der Waals surface area contributed by atoms with Crippen LogP contribution in [0.4, 0.5) is 0 Å². The predicted molar refractivity (Wildman–Crippen MR) is 110 cm³/mol. The van der Waals surface area contributed by atoms with E-state index in [9.17, 15) is 24.3 Å². The van der Waals surface area contributed by atoms with Crippen LogP contribution in [0.5, 0.6) is 0 Å². The van der Waals surface area contributed by atoms with Gasteiger partial charge in [-0.05, 0) is 52.3 Å². The van der Waals surface area contributed by atoms with Crippen molar-refractivity contribution in [2.75, 3.05) is 7.11 Å². The normalized spacial score (nSPS) is 26.0. The van der Waals surface area contributed by atoms with Crippen LogP contribution in [0.2, 0.25) is 0 Å². The van der Waals surface area contributed by atoms with Crippen LogP contribution in [0.15, 0.2) is 24.3 Å². The first-order valence-corrected chi connectivity index (χ1v) is 10.2. The second kappa shape index (κ2) is 9.60. The maximum Gasteiger partial charge on any atom is 0.337 e. The Morgan fingerprint density at radius 1 is 1.00 bits per heavy atom. The predicted octanol–water partition coefficient (Wildman–Crippen LogP) is 2.42. The van der Waals surface area contributed by atoms with Crippen LogP contribution in [0.1, 0.15) is 62.9 Å². The molecular formula is C23H30O8. The maximum atomic E-state index is 13.0. The van der Waals surface area contributed by atoms with Crippen LogP contribution < -0.4 is 0 Å². The Balaban J connectivity index is 2.61. The van der Waals surface area contributed by atoms with Gasteiger partial charge in [-0.15, -0.1) is 0 Å². The number of benzene rings is 1. The first kappa shape index (κ1) is 24.5. The van der Waals surface area contributed by atoms with Gasteiger partial charge in [-0.1, -0.05) is 12.1 Å². The molecule has 1 aromatic carbocycles. The molecule has 0 amide bonds. The smallest absolute Gasteiger partial charge is 0.337 e. The number of methoxy groups -OCH3 is 1. The summed E-state index contributed by atoms with van der Waals surface area (Å²) in [5.74, 6) is -6.06. The van der Waals surface area contributed by atoms with E-state index in [1.165, 1.54) is 38.3 Å². The van der Waals surface area contributed by atoms with Crippen molar-refractivity contribution in [2.24, 2.45) is 11.8 Å². The van der Waals surface area contributed by atoms with Gasteiger partial charge in [0.25, 0.3) is 0 Å². The largest absolute Gasteiger partial charge is 0.465 e. The molecule has 4 atom stereocenters. The minimum Gasteiger partial charge on any atom is -0.465 e. The topological polar surface area (TPSA) is 116 Å². The highest BCUT2D eigenvalue weighted by molar-refractivity contribution is 6.03. The number of ether oxygens (including phenoxy) is 3. The highest BCUT2D eigenvalue weighted by Crippen LogP contribution is 2.47. The molecule has 8 heteroatoms. The summed E-state index contributed by atoms with van der Waals surface area (Å²) >= 11 is 0. The monoisotopic (exact) mass is 434 g/mol. The van der Waals surface area contributed by atoms with Gasteiger partial charge in [-0.25, -0.2) is 4.79 Å². The number of aliphatic hydroxyl groups is 1. The standard InChI is InChI=1S/C23H30O8/c1-12(2)30-21(26)18-16(24)11-23(5,28)19(22(27)31-13(3)4)17(18)14-7-9-15(10-8-14)20(25)29-6/h7-10,12-13,17-19,28H,11H2,1-6H3/t17-,18+,19+,23-/m0/s1. The fourth-order valence-corrected chi connectivity index (χ4v) is 3.99. The van der Waals surface area contributed by atoms with Gasteiger partial charge in [0.15, 0.2) is 5.78 Å². The Kier molecular flexibility index (Phi) is 7.59. The number of carbonyl (C=O) groups excluding carboxylic acids is 4. The Hall–Kier alpha value is -2.74. The van der Waals surface area contributed by atoms with Crippen LogP contribution in [-0.2, 0) is 28.6 Å². The summed E-state index contributed by atoms with van der Waals surface area (Å²) in [6.45, 7) is 8.05. The molecule has 1 aliphatic rings.